The van der Waals surface area contributed by atoms with E-state index >= 15 is 0 Å². The third-order valence-electron chi connectivity index (χ3n) is 5.47. The van der Waals surface area contributed by atoms with E-state index in [1.807, 2.05) is 11.6 Å². The maximum Gasteiger partial charge on any atom is 0.0953 e. The van der Waals surface area contributed by atoms with Gasteiger partial charge in [-0.3, -0.25) is 0 Å². The minimum absolute atomic E-state index is 0.425. The second kappa shape index (κ2) is 3.55. The summed E-state index contributed by atoms with van der Waals surface area (Å²) < 4.78 is 0. The Kier molecular flexibility index (Phi) is 2.19. The number of aromatic nitrogens is 1. The first-order chi connectivity index (χ1) is 8.24. The highest BCUT2D eigenvalue weighted by Crippen LogP contribution is 2.59. The molecule has 1 aromatic rings. The minimum Gasteiger partial charge on any atom is -0.389 e. The quantitative estimate of drug-likeness (QED) is 0.874. The minimum atomic E-state index is -0.425. The van der Waals surface area contributed by atoms with Crippen LogP contribution in [-0.4, -0.2) is 15.7 Å². The van der Waals surface area contributed by atoms with Gasteiger partial charge in [-0.25, -0.2) is 4.98 Å². The highest BCUT2D eigenvalue weighted by Gasteiger charge is 2.56. The Morgan fingerprint density at radius 2 is 1.82 bits per heavy atom. The molecule has 3 heteroatoms. The van der Waals surface area contributed by atoms with Crippen LogP contribution in [0.25, 0.3) is 0 Å². The number of hydrogen-bond donors (Lipinski definition) is 1. The topological polar surface area (TPSA) is 33.1 Å². The van der Waals surface area contributed by atoms with Gasteiger partial charge < -0.3 is 5.11 Å². The Hall–Kier alpha value is -0.410. The molecule has 0 radical (unpaired) electrons. The monoisotopic (exact) mass is 249 g/mol. The fraction of sp³-hybridized carbons (Fsp3) is 0.786. The average molecular weight is 249 g/mol. The van der Waals surface area contributed by atoms with E-state index in [1.54, 1.807) is 11.3 Å². The van der Waals surface area contributed by atoms with Crippen LogP contribution in [0.3, 0.4) is 0 Å². The van der Waals surface area contributed by atoms with Gasteiger partial charge in [0, 0.05) is 18.0 Å². The maximum atomic E-state index is 11.1. The lowest BCUT2D eigenvalue weighted by atomic mass is 9.49. The molecule has 0 aromatic carbocycles. The van der Waals surface area contributed by atoms with Crippen molar-refractivity contribution in [2.24, 2.45) is 23.7 Å². The summed E-state index contributed by atoms with van der Waals surface area (Å²) >= 11 is 1.69. The van der Waals surface area contributed by atoms with E-state index in [4.69, 9.17) is 0 Å². The summed E-state index contributed by atoms with van der Waals surface area (Å²) in [7, 11) is 0. The molecule has 4 fully saturated rings. The Morgan fingerprint density at radius 3 is 2.35 bits per heavy atom. The van der Waals surface area contributed by atoms with Crippen molar-refractivity contribution in [1.29, 1.82) is 0 Å². The summed E-state index contributed by atoms with van der Waals surface area (Å²) in [6, 6.07) is 0. The van der Waals surface area contributed by atoms with Crippen LogP contribution in [0.4, 0.5) is 0 Å². The molecule has 4 aliphatic rings. The third-order valence-corrected chi connectivity index (χ3v) is 6.25. The molecule has 1 aromatic heterocycles. The van der Waals surface area contributed by atoms with E-state index in [-0.39, 0.29) is 0 Å². The fourth-order valence-electron chi connectivity index (χ4n) is 4.87. The van der Waals surface area contributed by atoms with Crippen molar-refractivity contribution < 1.29 is 5.11 Å². The van der Waals surface area contributed by atoms with Gasteiger partial charge in [0.25, 0.3) is 0 Å². The third kappa shape index (κ3) is 1.52. The molecule has 5 rings (SSSR count). The summed E-state index contributed by atoms with van der Waals surface area (Å²) in [5, 5.41) is 14.3. The van der Waals surface area contributed by atoms with Crippen LogP contribution in [0, 0.1) is 23.7 Å². The molecule has 17 heavy (non-hydrogen) atoms. The molecule has 0 amide bonds. The van der Waals surface area contributed by atoms with Gasteiger partial charge in [-0.1, -0.05) is 0 Å². The van der Waals surface area contributed by atoms with Crippen molar-refractivity contribution in [1.82, 2.24) is 4.98 Å². The van der Waals surface area contributed by atoms with E-state index in [2.05, 4.69) is 4.98 Å². The molecule has 0 aliphatic heterocycles. The number of rotatable bonds is 2. The smallest absolute Gasteiger partial charge is 0.0953 e. The largest absolute Gasteiger partial charge is 0.389 e. The summed E-state index contributed by atoms with van der Waals surface area (Å²) in [6.45, 7) is 0. The summed E-state index contributed by atoms with van der Waals surface area (Å²) in [5.74, 6) is 2.97. The summed E-state index contributed by atoms with van der Waals surface area (Å²) in [4.78, 5) is 4.37. The summed E-state index contributed by atoms with van der Waals surface area (Å²) in [5.41, 5.74) is -0.425. The van der Waals surface area contributed by atoms with Gasteiger partial charge >= 0.3 is 0 Å². The number of thiazole rings is 1. The van der Waals surface area contributed by atoms with Crippen LogP contribution in [0.2, 0.25) is 0 Å². The van der Waals surface area contributed by atoms with Crippen molar-refractivity contribution >= 4 is 11.3 Å². The van der Waals surface area contributed by atoms with Crippen molar-refractivity contribution in [2.45, 2.75) is 44.1 Å². The molecule has 4 saturated carbocycles. The van der Waals surface area contributed by atoms with E-state index in [0.717, 1.165) is 23.3 Å². The molecule has 4 aliphatic carbocycles. The Bertz CT molecular complexity index is 386. The zero-order chi connectivity index (χ0) is 11.5. The van der Waals surface area contributed by atoms with Crippen LogP contribution in [0.5, 0.6) is 0 Å². The normalized spacial score (nSPS) is 47.6. The van der Waals surface area contributed by atoms with E-state index in [9.17, 15) is 5.11 Å². The zero-order valence-corrected chi connectivity index (χ0v) is 10.8. The molecule has 0 saturated heterocycles. The number of nitrogens with zero attached hydrogens (tertiary/aromatic N) is 1. The van der Waals surface area contributed by atoms with Crippen LogP contribution < -0.4 is 0 Å². The highest BCUT2D eigenvalue weighted by atomic mass is 32.1. The molecular weight excluding hydrogens is 230 g/mol. The van der Waals surface area contributed by atoms with Gasteiger partial charge in [0.1, 0.15) is 0 Å². The Labute approximate surface area is 106 Å². The van der Waals surface area contributed by atoms with Crippen LogP contribution in [0.1, 0.15) is 37.1 Å². The fourth-order valence-corrected chi connectivity index (χ4v) is 5.59. The van der Waals surface area contributed by atoms with Crippen molar-refractivity contribution in [2.75, 3.05) is 0 Å². The molecule has 0 spiro atoms. The van der Waals surface area contributed by atoms with E-state index in [1.165, 1.54) is 32.1 Å². The summed E-state index contributed by atoms with van der Waals surface area (Å²) in [6.07, 6.45) is 9.20. The second-order valence-electron chi connectivity index (χ2n) is 6.40. The average Bonchev–Trinajstić information content (AvgIpc) is 2.78. The Morgan fingerprint density at radius 1 is 1.18 bits per heavy atom. The molecular formula is C14H19NOS. The molecule has 1 N–H and O–H groups in total. The molecule has 1 heterocycles. The highest BCUT2D eigenvalue weighted by molar-refractivity contribution is 7.09. The van der Waals surface area contributed by atoms with Gasteiger partial charge in [0.15, 0.2) is 0 Å². The first-order valence-corrected chi connectivity index (χ1v) is 7.73. The zero-order valence-electron chi connectivity index (χ0n) is 10.0. The number of hydrogen-bond acceptors (Lipinski definition) is 3. The van der Waals surface area contributed by atoms with Gasteiger partial charge in [0.2, 0.25) is 0 Å². The first-order valence-electron chi connectivity index (χ1n) is 6.85. The van der Waals surface area contributed by atoms with Gasteiger partial charge in [-0.05, 0) is 55.8 Å². The molecule has 0 unspecified atom stereocenters. The van der Waals surface area contributed by atoms with E-state index < -0.39 is 5.60 Å². The maximum absolute atomic E-state index is 11.1. The van der Waals surface area contributed by atoms with Crippen LogP contribution in [0.15, 0.2) is 11.6 Å². The van der Waals surface area contributed by atoms with Crippen molar-refractivity contribution in [3.05, 3.63) is 16.6 Å². The molecule has 2 nitrogen and oxygen atoms in total. The van der Waals surface area contributed by atoms with Gasteiger partial charge in [-0.2, -0.15) is 0 Å². The molecule has 4 bridgehead atoms. The predicted octanol–water partition coefficient (Wildman–Crippen LogP) is 2.87. The molecule has 0 atom stereocenters. The first kappa shape index (κ1) is 10.5. The van der Waals surface area contributed by atoms with Crippen molar-refractivity contribution in [3.63, 3.8) is 0 Å². The lowest BCUT2D eigenvalue weighted by Crippen LogP contribution is -2.58. The number of aliphatic hydroxyl groups is 1. The molecule has 92 valence electrons. The van der Waals surface area contributed by atoms with E-state index in [0.29, 0.717) is 11.8 Å². The van der Waals surface area contributed by atoms with Crippen molar-refractivity contribution in [3.8, 4) is 0 Å². The van der Waals surface area contributed by atoms with Gasteiger partial charge in [-0.15, -0.1) is 11.3 Å². The lowest BCUT2D eigenvalue weighted by Gasteiger charge is -2.58. The van der Waals surface area contributed by atoms with Crippen LogP contribution >= 0.6 is 11.3 Å². The van der Waals surface area contributed by atoms with Crippen LogP contribution in [-0.2, 0) is 6.42 Å². The lowest BCUT2D eigenvalue weighted by molar-refractivity contribution is -0.171. The second-order valence-corrected chi connectivity index (χ2v) is 7.38. The Balaban J connectivity index is 1.64. The SMILES string of the molecule is OC1(Cc2nccs2)C2CC3CC(C2)CC1C3. The predicted molar refractivity (Wildman–Crippen MR) is 67.8 cm³/mol. The standard InChI is InChI=1S/C14H19NOS/c16-14(8-13-15-1-2-17-13)11-4-9-3-10(6-11)7-12(14)5-9/h1-2,9-12,16H,3-8H2. The van der Waals surface area contributed by atoms with Gasteiger partial charge in [0.05, 0.1) is 10.6 Å².